The molecular formula is C20H28N4O. The molecule has 1 aliphatic heterocycles. The Kier molecular flexibility index (Phi) is 6.23. The lowest BCUT2D eigenvalue weighted by Gasteiger charge is -2.29. The molecule has 5 heteroatoms. The maximum atomic E-state index is 5.50. The molecule has 0 amide bonds. The molecule has 2 aromatic rings. The topological polar surface area (TPSA) is 41.5 Å². The van der Waals surface area contributed by atoms with Crippen molar-refractivity contribution in [2.75, 3.05) is 49.2 Å². The summed E-state index contributed by atoms with van der Waals surface area (Å²) in [6.07, 6.45) is 2.18. The van der Waals surface area contributed by atoms with E-state index >= 15 is 0 Å². The minimum absolute atomic E-state index is 0.758. The van der Waals surface area contributed by atoms with E-state index in [9.17, 15) is 0 Å². The zero-order chi connectivity index (χ0) is 17.5. The van der Waals surface area contributed by atoms with Gasteiger partial charge in [-0.1, -0.05) is 44.2 Å². The van der Waals surface area contributed by atoms with Gasteiger partial charge in [0.2, 0.25) is 5.95 Å². The number of ether oxygens (including phenoxy) is 1. The van der Waals surface area contributed by atoms with E-state index in [1.165, 1.54) is 0 Å². The monoisotopic (exact) mass is 340 g/mol. The fraction of sp³-hybridized carbons (Fsp3) is 0.500. The average molecular weight is 340 g/mol. The third kappa shape index (κ3) is 4.48. The molecule has 5 nitrogen and oxygen atoms in total. The Balaban J connectivity index is 2.00. The fourth-order valence-corrected chi connectivity index (χ4v) is 3.13. The van der Waals surface area contributed by atoms with E-state index in [2.05, 4.69) is 54.0 Å². The lowest BCUT2D eigenvalue weighted by molar-refractivity contribution is 0.122. The van der Waals surface area contributed by atoms with Crippen molar-refractivity contribution in [2.45, 2.75) is 26.7 Å². The quantitative estimate of drug-likeness (QED) is 0.770. The zero-order valence-electron chi connectivity index (χ0n) is 15.3. The SMILES string of the molecule is CCCN(CCC)c1nc(-c2ccccc2)cc(N2CCOCC2)n1. The first-order valence-corrected chi connectivity index (χ1v) is 9.34. The summed E-state index contributed by atoms with van der Waals surface area (Å²) in [5.41, 5.74) is 2.12. The number of aromatic nitrogens is 2. The van der Waals surface area contributed by atoms with E-state index in [-0.39, 0.29) is 0 Å². The fourth-order valence-electron chi connectivity index (χ4n) is 3.13. The van der Waals surface area contributed by atoms with Gasteiger partial charge < -0.3 is 14.5 Å². The van der Waals surface area contributed by atoms with Gasteiger partial charge in [0.1, 0.15) is 5.82 Å². The van der Waals surface area contributed by atoms with Crippen molar-refractivity contribution in [3.8, 4) is 11.3 Å². The first-order chi connectivity index (χ1) is 12.3. The van der Waals surface area contributed by atoms with E-state index in [4.69, 9.17) is 14.7 Å². The van der Waals surface area contributed by atoms with Crippen LogP contribution in [0.25, 0.3) is 11.3 Å². The molecule has 0 radical (unpaired) electrons. The molecule has 0 saturated carbocycles. The largest absolute Gasteiger partial charge is 0.378 e. The van der Waals surface area contributed by atoms with Crippen LogP contribution < -0.4 is 9.80 Å². The highest BCUT2D eigenvalue weighted by molar-refractivity contribution is 5.65. The van der Waals surface area contributed by atoms with Crippen molar-refractivity contribution in [3.63, 3.8) is 0 Å². The van der Waals surface area contributed by atoms with Crippen molar-refractivity contribution in [2.24, 2.45) is 0 Å². The third-order valence-corrected chi connectivity index (χ3v) is 4.38. The standard InChI is InChI=1S/C20H28N4O/c1-3-10-24(11-4-2)20-21-18(17-8-6-5-7-9-17)16-19(22-20)23-12-14-25-15-13-23/h5-9,16H,3-4,10-15H2,1-2H3. The Morgan fingerprint density at radius 2 is 1.68 bits per heavy atom. The average Bonchev–Trinajstić information content (AvgIpc) is 2.69. The molecule has 1 aliphatic rings. The van der Waals surface area contributed by atoms with Crippen molar-refractivity contribution < 1.29 is 4.74 Å². The van der Waals surface area contributed by atoms with Crippen molar-refractivity contribution >= 4 is 11.8 Å². The second-order valence-electron chi connectivity index (χ2n) is 6.36. The number of rotatable bonds is 7. The van der Waals surface area contributed by atoms with Crippen LogP contribution in [0.1, 0.15) is 26.7 Å². The van der Waals surface area contributed by atoms with Crippen LogP contribution in [0.5, 0.6) is 0 Å². The molecule has 0 unspecified atom stereocenters. The smallest absolute Gasteiger partial charge is 0.227 e. The van der Waals surface area contributed by atoms with Gasteiger partial charge in [0, 0.05) is 37.8 Å². The number of hydrogen-bond acceptors (Lipinski definition) is 5. The molecule has 2 heterocycles. The van der Waals surface area contributed by atoms with E-state index in [0.29, 0.717) is 0 Å². The van der Waals surface area contributed by atoms with Gasteiger partial charge in [-0.15, -0.1) is 0 Å². The van der Waals surface area contributed by atoms with E-state index in [0.717, 1.165) is 75.3 Å². The van der Waals surface area contributed by atoms with Crippen LogP contribution in [0.3, 0.4) is 0 Å². The number of benzene rings is 1. The van der Waals surface area contributed by atoms with E-state index in [1.54, 1.807) is 0 Å². The molecule has 0 N–H and O–H groups in total. The second-order valence-corrected chi connectivity index (χ2v) is 6.36. The number of nitrogens with zero attached hydrogens (tertiary/aromatic N) is 4. The van der Waals surface area contributed by atoms with Crippen molar-refractivity contribution in [3.05, 3.63) is 36.4 Å². The summed E-state index contributed by atoms with van der Waals surface area (Å²) in [6, 6.07) is 12.5. The minimum atomic E-state index is 0.758. The highest BCUT2D eigenvalue weighted by Gasteiger charge is 2.18. The molecule has 0 spiro atoms. The molecule has 1 fully saturated rings. The maximum absolute atomic E-state index is 5.50. The Morgan fingerprint density at radius 1 is 1.00 bits per heavy atom. The highest BCUT2D eigenvalue weighted by atomic mass is 16.5. The summed E-state index contributed by atoms with van der Waals surface area (Å²) < 4.78 is 5.50. The molecule has 25 heavy (non-hydrogen) atoms. The maximum Gasteiger partial charge on any atom is 0.227 e. The molecule has 1 aromatic heterocycles. The Labute approximate surface area is 150 Å². The van der Waals surface area contributed by atoms with Crippen molar-refractivity contribution in [1.82, 2.24) is 9.97 Å². The second kappa shape index (κ2) is 8.81. The lowest BCUT2D eigenvalue weighted by atomic mass is 10.1. The summed E-state index contributed by atoms with van der Waals surface area (Å²) in [5.74, 6) is 1.84. The molecule has 0 atom stereocenters. The first kappa shape index (κ1) is 17.7. The Bertz CT molecular complexity index is 650. The van der Waals surface area contributed by atoms with Gasteiger partial charge in [-0.05, 0) is 12.8 Å². The molecule has 1 aromatic carbocycles. The number of morpholine rings is 1. The highest BCUT2D eigenvalue weighted by Crippen LogP contribution is 2.25. The first-order valence-electron chi connectivity index (χ1n) is 9.34. The van der Waals surface area contributed by atoms with Crippen LogP contribution in [0.4, 0.5) is 11.8 Å². The summed E-state index contributed by atoms with van der Waals surface area (Å²) in [6.45, 7) is 9.64. The van der Waals surface area contributed by atoms with Crippen LogP contribution in [-0.4, -0.2) is 49.4 Å². The molecule has 0 aliphatic carbocycles. The number of hydrogen-bond donors (Lipinski definition) is 0. The third-order valence-electron chi connectivity index (χ3n) is 4.38. The molecule has 1 saturated heterocycles. The van der Waals surface area contributed by atoms with Crippen LogP contribution in [0.15, 0.2) is 36.4 Å². The Hall–Kier alpha value is -2.14. The van der Waals surface area contributed by atoms with Gasteiger partial charge in [0.25, 0.3) is 0 Å². The summed E-state index contributed by atoms with van der Waals surface area (Å²) in [5, 5.41) is 0. The van der Waals surface area contributed by atoms with Crippen LogP contribution in [0.2, 0.25) is 0 Å². The van der Waals surface area contributed by atoms with E-state index < -0.39 is 0 Å². The van der Waals surface area contributed by atoms with Gasteiger partial charge in [-0.25, -0.2) is 4.98 Å². The Morgan fingerprint density at radius 3 is 2.32 bits per heavy atom. The van der Waals surface area contributed by atoms with Gasteiger partial charge in [0.05, 0.1) is 18.9 Å². The molecule has 0 bridgehead atoms. The molecule has 3 rings (SSSR count). The predicted molar refractivity (Wildman–Crippen MR) is 103 cm³/mol. The lowest BCUT2D eigenvalue weighted by Crippen LogP contribution is -2.37. The van der Waals surface area contributed by atoms with Crippen LogP contribution >= 0.6 is 0 Å². The normalized spacial score (nSPS) is 14.6. The van der Waals surface area contributed by atoms with Gasteiger partial charge >= 0.3 is 0 Å². The molecule has 134 valence electrons. The minimum Gasteiger partial charge on any atom is -0.378 e. The zero-order valence-corrected chi connectivity index (χ0v) is 15.3. The molecular weight excluding hydrogens is 312 g/mol. The summed E-state index contributed by atoms with van der Waals surface area (Å²) >= 11 is 0. The van der Waals surface area contributed by atoms with Gasteiger partial charge in [-0.3, -0.25) is 0 Å². The van der Waals surface area contributed by atoms with Crippen LogP contribution in [0, 0.1) is 0 Å². The number of anilines is 2. The van der Waals surface area contributed by atoms with Crippen molar-refractivity contribution in [1.29, 1.82) is 0 Å². The summed E-state index contributed by atoms with van der Waals surface area (Å²) in [7, 11) is 0. The van der Waals surface area contributed by atoms with Gasteiger partial charge in [-0.2, -0.15) is 4.98 Å². The predicted octanol–water partition coefficient (Wildman–Crippen LogP) is 3.61. The van der Waals surface area contributed by atoms with E-state index in [1.807, 2.05) is 6.07 Å². The van der Waals surface area contributed by atoms with Crippen LogP contribution in [-0.2, 0) is 4.74 Å². The summed E-state index contributed by atoms with van der Waals surface area (Å²) in [4.78, 5) is 14.4. The van der Waals surface area contributed by atoms with Gasteiger partial charge in [0.15, 0.2) is 0 Å².